The predicted molar refractivity (Wildman–Crippen MR) is 124 cm³/mol. The summed E-state index contributed by atoms with van der Waals surface area (Å²) in [4.78, 5) is 14.5. The first-order valence-electron chi connectivity index (χ1n) is 10.5. The molecule has 0 aliphatic heterocycles. The molecule has 0 fully saturated rings. The lowest BCUT2D eigenvalue weighted by molar-refractivity contribution is -0.127. The number of carbonyl (C=O) groups is 1. The van der Waals surface area contributed by atoms with Gasteiger partial charge in [0.1, 0.15) is 18.1 Å². The van der Waals surface area contributed by atoms with E-state index in [-0.39, 0.29) is 5.91 Å². The molecule has 3 rings (SSSR count). The van der Waals surface area contributed by atoms with Gasteiger partial charge in [0.2, 0.25) is 0 Å². The van der Waals surface area contributed by atoms with Gasteiger partial charge in [0, 0.05) is 13.1 Å². The lowest BCUT2D eigenvalue weighted by Gasteiger charge is -2.15. The van der Waals surface area contributed by atoms with E-state index in [4.69, 9.17) is 9.47 Å². The van der Waals surface area contributed by atoms with Crippen molar-refractivity contribution in [3.05, 3.63) is 84.4 Å². The second-order valence-electron chi connectivity index (χ2n) is 7.67. The van der Waals surface area contributed by atoms with Crippen LogP contribution in [0.5, 0.6) is 11.5 Å². The van der Waals surface area contributed by atoms with Crippen molar-refractivity contribution < 1.29 is 14.3 Å². The van der Waals surface area contributed by atoms with Crippen LogP contribution in [0.15, 0.2) is 78.9 Å². The van der Waals surface area contributed by atoms with Crippen LogP contribution >= 0.6 is 0 Å². The quantitative estimate of drug-likeness (QED) is 0.531. The van der Waals surface area contributed by atoms with Gasteiger partial charge >= 0.3 is 0 Å². The van der Waals surface area contributed by atoms with Crippen LogP contribution in [-0.4, -0.2) is 44.2 Å². The first-order valence-corrected chi connectivity index (χ1v) is 10.5. The molecule has 0 aliphatic carbocycles. The van der Waals surface area contributed by atoms with E-state index in [2.05, 4.69) is 22.3 Å². The molecule has 3 aromatic carbocycles. The average molecular weight is 419 g/mol. The zero-order chi connectivity index (χ0) is 22.1. The summed E-state index contributed by atoms with van der Waals surface area (Å²) in [6, 6.07) is 25.7. The van der Waals surface area contributed by atoms with Crippen molar-refractivity contribution in [3.8, 4) is 22.6 Å². The van der Waals surface area contributed by atoms with Crippen molar-refractivity contribution in [2.75, 3.05) is 27.2 Å². The highest BCUT2D eigenvalue weighted by Gasteiger charge is 2.14. The number of hydrogen-bond donors (Lipinski definition) is 1. The van der Waals surface area contributed by atoms with Gasteiger partial charge in [-0.1, -0.05) is 54.6 Å². The second-order valence-corrected chi connectivity index (χ2v) is 7.67. The summed E-state index contributed by atoms with van der Waals surface area (Å²) in [5.41, 5.74) is 3.24. The second kappa shape index (κ2) is 11.2. The molecule has 0 heterocycles. The summed E-state index contributed by atoms with van der Waals surface area (Å²) in [5.74, 6) is 1.31. The van der Waals surface area contributed by atoms with E-state index < -0.39 is 6.10 Å². The zero-order valence-electron chi connectivity index (χ0n) is 18.4. The molecule has 0 bridgehead atoms. The number of carbonyl (C=O) groups excluding carboxylic acids is 1. The molecule has 0 aromatic heterocycles. The third kappa shape index (κ3) is 7.15. The van der Waals surface area contributed by atoms with Gasteiger partial charge in [-0.05, 0) is 62.0 Å². The van der Waals surface area contributed by atoms with Crippen molar-refractivity contribution in [2.24, 2.45) is 0 Å². The Hall–Kier alpha value is -3.31. The molecule has 1 atom stereocenters. The molecule has 31 heavy (non-hydrogen) atoms. The highest BCUT2D eigenvalue weighted by Crippen LogP contribution is 2.22. The first-order chi connectivity index (χ1) is 15.0. The van der Waals surface area contributed by atoms with Gasteiger partial charge in [-0.25, -0.2) is 0 Å². The van der Waals surface area contributed by atoms with E-state index in [0.29, 0.717) is 18.9 Å². The summed E-state index contributed by atoms with van der Waals surface area (Å²) in [6.07, 6.45) is -0.595. The highest BCUT2D eigenvalue weighted by molar-refractivity contribution is 5.80. The number of rotatable bonds is 10. The molecular weight excluding hydrogens is 388 g/mol. The maximum absolute atomic E-state index is 12.5. The number of ether oxygens (including phenoxy) is 2. The number of likely N-dealkylation sites (N-methyl/N-ethyl adjacent to an activating group) is 1. The van der Waals surface area contributed by atoms with Crippen molar-refractivity contribution in [1.29, 1.82) is 0 Å². The molecule has 0 aliphatic rings. The standard InChI is InChI=1S/C26H30N2O3/c1-20(31-24-14-12-23(13-15-24)22-9-5-4-6-10-22)26(29)27-19-21-8-7-11-25(18-21)30-17-16-28(2)3/h4-15,18,20H,16-17,19H2,1-3H3,(H,27,29). The molecule has 1 unspecified atom stereocenters. The van der Waals surface area contributed by atoms with Crippen LogP contribution in [-0.2, 0) is 11.3 Å². The van der Waals surface area contributed by atoms with Crippen molar-refractivity contribution in [2.45, 2.75) is 19.6 Å². The summed E-state index contributed by atoms with van der Waals surface area (Å²) >= 11 is 0. The lowest BCUT2D eigenvalue weighted by Crippen LogP contribution is -2.35. The van der Waals surface area contributed by atoms with E-state index in [0.717, 1.165) is 29.0 Å². The molecular formula is C26H30N2O3. The maximum Gasteiger partial charge on any atom is 0.261 e. The van der Waals surface area contributed by atoms with Crippen molar-refractivity contribution in [3.63, 3.8) is 0 Å². The van der Waals surface area contributed by atoms with Gasteiger partial charge in [-0.3, -0.25) is 4.79 Å². The number of hydrogen-bond acceptors (Lipinski definition) is 4. The molecule has 162 valence electrons. The van der Waals surface area contributed by atoms with Crippen LogP contribution in [0.1, 0.15) is 12.5 Å². The number of amides is 1. The minimum Gasteiger partial charge on any atom is -0.492 e. The number of nitrogens with one attached hydrogen (secondary N) is 1. The van der Waals surface area contributed by atoms with E-state index in [1.54, 1.807) is 6.92 Å². The molecule has 5 heteroatoms. The summed E-state index contributed by atoms with van der Waals surface area (Å²) in [5, 5.41) is 2.93. The fourth-order valence-corrected chi connectivity index (χ4v) is 3.04. The van der Waals surface area contributed by atoms with Gasteiger partial charge in [-0.2, -0.15) is 0 Å². The first kappa shape index (κ1) is 22.4. The van der Waals surface area contributed by atoms with Crippen LogP contribution in [0.4, 0.5) is 0 Å². The van der Waals surface area contributed by atoms with Gasteiger partial charge in [0.05, 0.1) is 0 Å². The van der Waals surface area contributed by atoms with E-state index in [1.165, 1.54) is 0 Å². The molecule has 0 saturated heterocycles. The summed E-state index contributed by atoms with van der Waals surface area (Å²) in [6.45, 7) is 3.64. The maximum atomic E-state index is 12.5. The van der Waals surface area contributed by atoms with Crippen LogP contribution in [0.25, 0.3) is 11.1 Å². The molecule has 0 radical (unpaired) electrons. The molecule has 0 spiro atoms. The number of benzene rings is 3. The molecule has 0 saturated carbocycles. The lowest BCUT2D eigenvalue weighted by atomic mass is 10.1. The Balaban J connectivity index is 1.48. The molecule has 1 N–H and O–H groups in total. The summed E-state index contributed by atoms with van der Waals surface area (Å²) in [7, 11) is 4.02. The minimum atomic E-state index is -0.595. The minimum absolute atomic E-state index is 0.161. The van der Waals surface area contributed by atoms with E-state index in [1.807, 2.05) is 80.8 Å². The monoisotopic (exact) mass is 418 g/mol. The SMILES string of the molecule is CC(Oc1ccc(-c2ccccc2)cc1)C(=O)NCc1cccc(OCCN(C)C)c1. The van der Waals surface area contributed by atoms with Gasteiger partial charge in [0.25, 0.3) is 5.91 Å². The molecule has 3 aromatic rings. The van der Waals surface area contributed by atoms with Gasteiger partial charge < -0.3 is 19.7 Å². The van der Waals surface area contributed by atoms with Crippen LogP contribution < -0.4 is 14.8 Å². The third-order valence-electron chi connectivity index (χ3n) is 4.82. The number of nitrogens with zero attached hydrogens (tertiary/aromatic N) is 1. The summed E-state index contributed by atoms with van der Waals surface area (Å²) < 4.78 is 11.6. The smallest absolute Gasteiger partial charge is 0.261 e. The Morgan fingerprint density at radius 2 is 1.61 bits per heavy atom. The Morgan fingerprint density at radius 3 is 2.32 bits per heavy atom. The largest absolute Gasteiger partial charge is 0.492 e. The molecule has 1 amide bonds. The van der Waals surface area contributed by atoms with Gasteiger partial charge in [-0.15, -0.1) is 0 Å². The van der Waals surface area contributed by atoms with Crippen molar-refractivity contribution in [1.82, 2.24) is 10.2 Å². The zero-order valence-corrected chi connectivity index (χ0v) is 18.4. The van der Waals surface area contributed by atoms with Crippen molar-refractivity contribution >= 4 is 5.91 Å². The van der Waals surface area contributed by atoms with Crippen LogP contribution in [0.3, 0.4) is 0 Å². The van der Waals surface area contributed by atoms with Crippen LogP contribution in [0.2, 0.25) is 0 Å². The van der Waals surface area contributed by atoms with E-state index >= 15 is 0 Å². The van der Waals surface area contributed by atoms with E-state index in [9.17, 15) is 4.79 Å². The Labute approximate surface area is 184 Å². The van der Waals surface area contributed by atoms with Gasteiger partial charge in [0.15, 0.2) is 6.10 Å². The third-order valence-corrected chi connectivity index (χ3v) is 4.82. The highest BCUT2D eigenvalue weighted by atomic mass is 16.5. The Bertz CT molecular complexity index is 956. The Morgan fingerprint density at radius 1 is 0.903 bits per heavy atom. The van der Waals surface area contributed by atoms with Crippen LogP contribution in [0, 0.1) is 0 Å². The predicted octanol–water partition coefficient (Wildman–Crippen LogP) is 4.38. The molecule has 5 nitrogen and oxygen atoms in total. The topological polar surface area (TPSA) is 50.8 Å². The fraction of sp³-hybridized carbons (Fsp3) is 0.269. The normalized spacial score (nSPS) is 11.7. The average Bonchev–Trinajstić information content (AvgIpc) is 2.78. The fourth-order valence-electron chi connectivity index (χ4n) is 3.04. The Kier molecular flexibility index (Phi) is 8.07.